The monoisotopic (exact) mass is 404 g/mol. The summed E-state index contributed by atoms with van der Waals surface area (Å²) in [6.45, 7) is 1.49. The first-order valence-corrected chi connectivity index (χ1v) is 9.13. The van der Waals surface area contributed by atoms with Crippen molar-refractivity contribution in [3.63, 3.8) is 0 Å². The molecule has 0 spiro atoms. The molecule has 1 amide bonds. The zero-order chi connectivity index (χ0) is 17.5. The van der Waals surface area contributed by atoms with Gasteiger partial charge in [0.25, 0.3) is 0 Å². The molecule has 1 unspecified atom stereocenters. The van der Waals surface area contributed by atoms with E-state index in [1.165, 1.54) is 0 Å². The molecule has 1 aliphatic rings. The Bertz CT molecular complexity index is 717. The van der Waals surface area contributed by atoms with E-state index in [2.05, 4.69) is 26.6 Å². The van der Waals surface area contributed by atoms with E-state index in [9.17, 15) is 4.79 Å². The Kier molecular flexibility index (Phi) is 6.30. The van der Waals surface area contributed by atoms with Gasteiger partial charge in [0.1, 0.15) is 12.4 Å². The van der Waals surface area contributed by atoms with Gasteiger partial charge in [-0.1, -0.05) is 24.3 Å². The van der Waals surface area contributed by atoms with Gasteiger partial charge in [-0.2, -0.15) is 0 Å². The standard InChI is InChI=1S/C19H21BrN2O3/c20-15-7-1-2-8-16(15)22-19(23)12-21-17-9-3-4-10-18(17)25-13-14-6-5-11-24-14/h1-4,7-10,14,21H,5-6,11-13H2,(H,22,23). The fourth-order valence-electron chi connectivity index (χ4n) is 2.63. The van der Waals surface area contributed by atoms with Gasteiger partial charge in [-0.05, 0) is 53.0 Å². The summed E-state index contributed by atoms with van der Waals surface area (Å²) in [6.07, 6.45) is 2.28. The molecule has 5 nitrogen and oxygen atoms in total. The summed E-state index contributed by atoms with van der Waals surface area (Å²) < 4.78 is 12.3. The topological polar surface area (TPSA) is 59.6 Å². The number of hydrogen-bond donors (Lipinski definition) is 2. The normalized spacial score (nSPS) is 16.4. The number of carbonyl (C=O) groups excluding carboxylic acids is 1. The van der Waals surface area contributed by atoms with Gasteiger partial charge in [0, 0.05) is 11.1 Å². The van der Waals surface area contributed by atoms with Crippen LogP contribution in [0, 0.1) is 0 Å². The van der Waals surface area contributed by atoms with Crippen LogP contribution in [-0.2, 0) is 9.53 Å². The van der Waals surface area contributed by atoms with Crippen LogP contribution in [0.3, 0.4) is 0 Å². The highest BCUT2D eigenvalue weighted by Gasteiger charge is 2.16. The van der Waals surface area contributed by atoms with Crippen LogP contribution in [-0.4, -0.2) is 31.8 Å². The molecule has 0 saturated carbocycles. The average Bonchev–Trinajstić information content (AvgIpc) is 3.14. The maximum absolute atomic E-state index is 12.2. The van der Waals surface area contributed by atoms with E-state index in [0.717, 1.165) is 41.0 Å². The highest BCUT2D eigenvalue weighted by molar-refractivity contribution is 9.10. The Hall–Kier alpha value is -2.05. The van der Waals surface area contributed by atoms with Crippen LogP contribution in [0.2, 0.25) is 0 Å². The third kappa shape index (κ3) is 5.21. The van der Waals surface area contributed by atoms with E-state index < -0.39 is 0 Å². The van der Waals surface area contributed by atoms with E-state index in [4.69, 9.17) is 9.47 Å². The predicted octanol–water partition coefficient (Wildman–Crippen LogP) is 4.06. The lowest BCUT2D eigenvalue weighted by atomic mass is 10.2. The maximum Gasteiger partial charge on any atom is 0.243 e. The highest BCUT2D eigenvalue weighted by atomic mass is 79.9. The number of para-hydroxylation sites is 3. The minimum atomic E-state index is -0.124. The van der Waals surface area contributed by atoms with Gasteiger partial charge in [-0.15, -0.1) is 0 Å². The molecule has 0 aliphatic carbocycles. The molecule has 6 heteroatoms. The molecule has 1 fully saturated rings. The summed E-state index contributed by atoms with van der Waals surface area (Å²) >= 11 is 3.42. The summed E-state index contributed by atoms with van der Waals surface area (Å²) in [7, 11) is 0. The summed E-state index contributed by atoms with van der Waals surface area (Å²) in [5, 5.41) is 6.00. The molecule has 2 aromatic rings. The van der Waals surface area contributed by atoms with Crippen molar-refractivity contribution in [2.24, 2.45) is 0 Å². The number of anilines is 2. The maximum atomic E-state index is 12.2. The minimum Gasteiger partial charge on any atom is -0.489 e. The fourth-order valence-corrected chi connectivity index (χ4v) is 3.01. The second kappa shape index (κ2) is 8.87. The molecule has 1 atom stereocenters. The molecular weight excluding hydrogens is 384 g/mol. The Morgan fingerprint density at radius 3 is 2.68 bits per heavy atom. The van der Waals surface area contributed by atoms with Gasteiger partial charge in [-0.3, -0.25) is 4.79 Å². The number of halogens is 1. The SMILES string of the molecule is O=C(CNc1ccccc1OCC1CCCO1)Nc1ccccc1Br. The first-order chi connectivity index (χ1) is 12.2. The number of rotatable bonds is 7. The van der Waals surface area contributed by atoms with Crippen molar-refractivity contribution in [2.75, 3.05) is 30.4 Å². The molecular formula is C19H21BrN2O3. The van der Waals surface area contributed by atoms with Crippen molar-refractivity contribution in [2.45, 2.75) is 18.9 Å². The summed E-state index contributed by atoms with van der Waals surface area (Å²) in [4.78, 5) is 12.2. The highest BCUT2D eigenvalue weighted by Crippen LogP contribution is 2.25. The fraction of sp³-hybridized carbons (Fsp3) is 0.316. The number of nitrogens with one attached hydrogen (secondary N) is 2. The van der Waals surface area contributed by atoms with E-state index in [-0.39, 0.29) is 18.6 Å². The lowest BCUT2D eigenvalue weighted by Crippen LogP contribution is -2.22. The van der Waals surface area contributed by atoms with E-state index in [0.29, 0.717) is 6.61 Å². The minimum absolute atomic E-state index is 0.124. The van der Waals surface area contributed by atoms with Crippen LogP contribution in [0.15, 0.2) is 53.0 Å². The summed E-state index contributed by atoms with van der Waals surface area (Å²) in [6, 6.07) is 15.1. The van der Waals surface area contributed by atoms with E-state index >= 15 is 0 Å². The summed E-state index contributed by atoms with van der Waals surface area (Å²) in [5.41, 5.74) is 1.54. The van der Waals surface area contributed by atoms with Gasteiger partial charge in [0.15, 0.2) is 0 Å². The van der Waals surface area contributed by atoms with Gasteiger partial charge in [-0.25, -0.2) is 0 Å². The zero-order valence-corrected chi connectivity index (χ0v) is 15.4. The van der Waals surface area contributed by atoms with E-state index in [1.54, 1.807) is 0 Å². The zero-order valence-electron chi connectivity index (χ0n) is 13.8. The molecule has 0 aromatic heterocycles. The Labute approximate surface area is 155 Å². The van der Waals surface area contributed by atoms with Crippen LogP contribution < -0.4 is 15.4 Å². The van der Waals surface area contributed by atoms with Crippen molar-refractivity contribution in [3.8, 4) is 5.75 Å². The lowest BCUT2D eigenvalue weighted by molar-refractivity contribution is -0.114. The second-order valence-electron chi connectivity index (χ2n) is 5.82. The number of ether oxygens (including phenoxy) is 2. The Balaban J connectivity index is 1.53. The number of amides is 1. The lowest BCUT2D eigenvalue weighted by Gasteiger charge is -2.15. The summed E-state index contributed by atoms with van der Waals surface area (Å²) in [5.74, 6) is 0.604. The van der Waals surface area contributed by atoms with Crippen LogP contribution in [0.25, 0.3) is 0 Å². The van der Waals surface area contributed by atoms with Crippen LogP contribution in [0.1, 0.15) is 12.8 Å². The van der Waals surface area contributed by atoms with Crippen LogP contribution in [0.5, 0.6) is 5.75 Å². The van der Waals surface area contributed by atoms with Crippen LogP contribution in [0.4, 0.5) is 11.4 Å². The molecule has 2 aromatic carbocycles. The largest absolute Gasteiger partial charge is 0.489 e. The van der Waals surface area contributed by atoms with Crippen molar-refractivity contribution in [3.05, 3.63) is 53.0 Å². The molecule has 3 rings (SSSR count). The average molecular weight is 405 g/mol. The molecule has 2 N–H and O–H groups in total. The number of carbonyl (C=O) groups is 1. The first-order valence-electron chi connectivity index (χ1n) is 8.34. The van der Waals surface area contributed by atoms with Gasteiger partial charge in [0.2, 0.25) is 5.91 Å². The Morgan fingerprint density at radius 2 is 1.92 bits per heavy atom. The third-order valence-electron chi connectivity index (χ3n) is 3.92. The van der Waals surface area contributed by atoms with Crippen molar-refractivity contribution in [1.82, 2.24) is 0 Å². The number of benzene rings is 2. The number of hydrogen-bond acceptors (Lipinski definition) is 4. The van der Waals surface area contributed by atoms with E-state index in [1.807, 2.05) is 48.5 Å². The molecule has 1 heterocycles. The quantitative estimate of drug-likeness (QED) is 0.730. The molecule has 0 radical (unpaired) electrons. The van der Waals surface area contributed by atoms with Crippen LogP contribution >= 0.6 is 15.9 Å². The smallest absolute Gasteiger partial charge is 0.243 e. The van der Waals surface area contributed by atoms with Crippen molar-refractivity contribution >= 4 is 33.2 Å². The van der Waals surface area contributed by atoms with Crippen molar-refractivity contribution < 1.29 is 14.3 Å². The molecule has 1 aliphatic heterocycles. The van der Waals surface area contributed by atoms with Gasteiger partial charge >= 0.3 is 0 Å². The second-order valence-corrected chi connectivity index (χ2v) is 6.68. The molecule has 0 bridgehead atoms. The predicted molar refractivity (Wildman–Crippen MR) is 102 cm³/mol. The Morgan fingerprint density at radius 1 is 1.16 bits per heavy atom. The van der Waals surface area contributed by atoms with Gasteiger partial charge in [0.05, 0.1) is 24.0 Å². The molecule has 132 valence electrons. The first kappa shape index (κ1) is 17.8. The van der Waals surface area contributed by atoms with Crippen molar-refractivity contribution in [1.29, 1.82) is 0 Å². The molecule has 1 saturated heterocycles. The van der Waals surface area contributed by atoms with Gasteiger partial charge < -0.3 is 20.1 Å². The third-order valence-corrected chi connectivity index (χ3v) is 4.61. The molecule has 25 heavy (non-hydrogen) atoms.